The molecule has 2 N–H and O–H groups in total. The van der Waals surface area contributed by atoms with Gasteiger partial charge in [-0.25, -0.2) is 4.39 Å². The van der Waals surface area contributed by atoms with Crippen molar-refractivity contribution >= 4 is 24.0 Å². The summed E-state index contributed by atoms with van der Waals surface area (Å²) < 4.78 is 13.1. The molecule has 1 saturated heterocycles. The Morgan fingerprint density at radius 3 is 2.74 bits per heavy atom. The molecule has 0 aliphatic carbocycles. The van der Waals surface area contributed by atoms with Crippen molar-refractivity contribution in [1.29, 1.82) is 0 Å². The lowest BCUT2D eigenvalue weighted by molar-refractivity contribution is -0.117. The number of hydrogen-bond donors (Lipinski definition) is 2. The number of aryl methyl sites for hydroxylation is 1. The van der Waals surface area contributed by atoms with Crippen molar-refractivity contribution in [3.8, 4) is 0 Å². The van der Waals surface area contributed by atoms with E-state index in [1.165, 1.54) is 6.07 Å². The lowest BCUT2D eigenvalue weighted by atomic mass is 9.94. The van der Waals surface area contributed by atoms with E-state index in [9.17, 15) is 9.18 Å². The summed E-state index contributed by atoms with van der Waals surface area (Å²) in [5.74, 6) is 0.243. The molecular weight excluding hydrogens is 267 g/mol. The van der Waals surface area contributed by atoms with Crippen molar-refractivity contribution in [2.45, 2.75) is 26.2 Å². The molecule has 0 atom stereocenters. The van der Waals surface area contributed by atoms with Crippen LogP contribution in [-0.4, -0.2) is 19.0 Å². The Hall–Kier alpha value is -1.13. The topological polar surface area (TPSA) is 41.1 Å². The van der Waals surface area contributed by atoms with Gasteiger partial charge in [0.05, 0.1) is 0 Å². The molecule has 1 aromatic carbocycles. The van der Waals surface area contributed by atoms with E-state index >= 15 is 0 Å². The molecule has 1 aliphatic heterocycles. The standard InChI is InChI=1S/C14H19FN2O.ClH/c1-10-8-12(2-3-13(10)15)17-14(18)9-11-4-6-16-7-5-11;/h2-3,8,11,16H,4-7,9H2,1H3,(H,17,18);1H. The number of benzene rings is 1. The first-order valence-electron chi connectivity index (χ1n) is 6.42. The van der Waals surface area contributed by atoms with Gasteiger partial charge in [-0.1, -0.05) is 0 Å². The molecule has 3 nitrogen and oxygen atoms in total. The van der Waals surface area contributed by atoms with Crippen LogP contribution in [0.5, 0.6) is 0 Å². The molecule has 0 unspecified atom stereocenters. The zero-order valence-corrected chi connectivity index (χ0v) is 11.9. The number of halogens is 2. The molecule has 0 spiro atoms. The van der Waals surface area contributed by atoms with Gasteiger partial charge in [0.1, 0.15) is 5.82 Å². The number of anilines is 1. The zero-order chi connectivity index (χ0) is 13.0. The van der Waals surface area contributed by atoms with E-state index in [2.05, 4.69) is 10.6 Å². The second kappa shape index (κ2) is 7.46. The van der Waals surface area contributed by atoms with Crippen molar-refractivity contribution in [2.75, 3.05) is 18.4 Å². The van der Waals surface area contributed by atoms with E-state index in [4.69, 9.17) is 0 Å². The lowest BCUT2D eigenvalue weighted by Gasteiger charge is -2.21. The molecule has 2 rings (SSSR count). The maximum absolute atomic E-state index is 13.1. The van der Waals surface area contributed by atoms with Crippen LogP contribution in [0.3, 0.4) is 0 Å². The first-order valence-corrected chi connectivity index (χ1v) is 6.42. The van der Waals surface area contributed by atoms with Gasteiger partial charge >= 0.3 is 0 Å². The van der Waals surface area contributed by atoms with Crippen LogP contribution in [0, 0.1) is 18.7 Å². The Morgan fingerprint density at radius 1 is 1.42 bits per heavy atom. The second-order valence-electron chi connectivity index (χ2n) is 4.91. The van der Waals surface area contributed by atoms with E-state index in [1.807, 2.05) is 0 Å². The fraction of sp³-hybridized carbons (Fsp3) is 0.500. The highest BCUT2D eigenvalue weighted by Gasteiger charge is 2.16. The monoisotopic (exact) mass is 286 g/mol. The van der Waals surface area contributed by atoms with Crippen LogP contribution < -0.4 is 10.6 Å². The Morgan fingerprint density at radius 2 is 2.11 bits per heavy atom. The van der Waals surface area contributed by atoms with Crippen molar-refractivity contribution < 1.29 is 9.18 Å². The number of carbonyl (C=O) groups is 1. The van der Waals surface area contributed by atoms with Gasteiger partial charge in [-0.05, 0) is 62.5 Å². The smallest absolute Gasteiger partial charge is 0.224 e. The molecular formula is C14H20ClFN2O. The normalized spacial score (nSPS) is 15.7. The van der Waals surface area contributed by atoms with E-state index in [1.54, 1.807) is 19.1 Å². The summed E-state index contributed by atoms with van der Waals surface area (Å²) in [7, 11) is 0. The van der Waals surface area contributed by atoms with E-state index in [-0.39, 0.29) is 24.1 Å². The van der Waals surface area contributed by atoms with Crippen LogP contribution in [0.15, 0.2) is 18.2 Å². The molecule has 0 radical (unpaired) electrons. The number of nitrogens with one attached hydrogen (secondary N) is 2. The molecule has 1 heterocycles. The molecule has 5 heteroatoms. The number of hydrogen-bond acceptors (Lipinski definition) is 2. The molecule has 1 aromatic rings. The van der Waals surface area contributed by atoms with Crippen molar-refractivity contribution in [1.82, 2.24) is 5.32 Å². The summed E-state index contributed by atoms with van der Waals surface area (Å²) in [5.41, 5.74) is 1.22. The summed E-state index contributed by atoms with van der Waals surface area (Å²) >= 11 is 0. The van der Waals surface area contributed by atoms with Gasteiger partial charge in [-0.3, -0.25) is 4.79 Å². The molecule has 1 amide bonds. The van der Waals surface area contributed by atoms with Gasteiger partial charge in [0.25, 0.3) is 0 Å². The van der Waals surface area contributed by atoms with Crippen LogP contribution in [0.4, 0.5) is 10.1 Å². The van der Waals surface area contributed by atoms with Gasteiger partial charge in [0.2, 0.25) is 5.91 Å². The zero-order valence-electron chi connectivity index (χ0n) is 11.0. The SMILES string of the molecule is Cc1cc(NC(=O)CC2CCNCC2)ccc1F.Cl. The highest BCUT2D eigenvalue weighted by molar-refractivity contribution is 5.90. The quantitative estimate of drug-likeness (QED) is 0.897. The minimum atomic E-state index is -0.244. The Bertz CT molecular complexity index is 433. The predicted molar refractivity (Wildman–Crippen MR) is 77.2 cm³/mol. The van der Waals surface area contributed by atoms with Gasteiger partial charge in [-0.2, -0.15) is 0 Å². The Labute approximate surface area is 119 Å². The molecule has 106 valence electrons. The third-order valence-corrected chi connectivity index (χ3v) is 3.37. The van der Waals surface area contributed by atoms with Gasteiger partial charge in [0, 0.05) is 12.1 Å². The van der Waals surface area contributed by atoms with Crippen LogP contribution in [-0.2, 0) is 4.79 Å². The second-order valence-corrected chi connectivity index (χ2v) is 4.91. The summed E-state index contributed by atoms with van der Waals surface area (Å²) in [5, 5.41) is 6.11. The summed E-state index contributed by atoms with van der Waals surface area (Å²) in [6.45, 7) is 3.68. The molecule has 0 bridgehead atoms. The third-order valence-electron chi connectivity index (χ3n) is 3.37. The van der Waals surface area contributed by atoms with Gasteiger partial charge < -0.3 is 10.6 Å². The maximum atomic E-state index is 13.1. The highest BCUT2D eigenvalue weighted by atomic mass is 35.5. The highest BCUT2D eigenvalue weighted by Crippen LogP contribution is 2.18. The van der Waals surface area contributed by atoms with Crippen molar-refractivity contribution in [3.63, 3.8) is 0 Å². The predicted octanol–water partition coefficient (Wildman–Crippen LogP) is 2.88. The summed E-state index contributed by atoms with van der Waals surface area (Å²) in [6.07, 6.45) is 2.66. The van der Waals surface area contributed by atoms with Gasteiger partial charge in [0.15, 0.2) is 0 Å². The fourth-order valence-electron chi connectivity index (χ4n) is 2.28. The maximum Gasteiger partial charge on any atom is 0.224 e. The summed E-state index contributed by atoms with van der Waals surface area (Å²) in [6, 6.07) is 4.65. The van der Waals surface area contributed by atoms with Crippen LogP contribution in [0.25, 0.3) is 0 Å². The Kier molecular flexibility index (Phi) is 6.25. The molecule has 0 aromatic heterocycles. The van der Waals surface area contributed by atoms with Crippen LogP contribution in [0.2, 0.25) is 0 Å². The van der Waals surface area contributed by atoms with Crippen molar-refractivity contribution in [2.24, 2.45) is 5.92 Å². The molecule has 1 fully saturated rings. The average molecular weight is 287 g/mol. The number of piperidine rings is 1. The average Bonchev–Trinajstić information content (AvgIpc) is 2.35. The number of carbonyl (C=O) groups excluding carboxylic acids is 1. The fourth-order valence-corrected chi connectivity index (χ4v) is 2.28. The van der Waals surface area contributed by atoms with Crippen LogP contribution in [0.1, 0.15) is 24.8 Å². The Balaban J connectivity index is 0.00000180. The largest absolute Gasteiger partial charge is 0.326 e. The molecule has 0 saturated carbocycles. The minimum absolute atomic E-state index is 0. The first-order chi connectivity index (χ1) is 8.65. The first kappa shape index (κ1) is 15.9. The van der Waals surface area contributed by atoms with Crippen LogP contribution >= 0.6 is 12.4 Å². The van der Waals surface area contributed by atoms with E-state index < -0.39 is 0 Å². The minimum Gasteiger partial charge on any atom is -0.326 e. The molecule has 19 heavy (non-hydrogen) atoms. The summed E-state index contributed by atoms with van der Waals surface area (Å²) in [4.78, 5) is 11.9. The number of amides is 1. The third kappa shape index (κ3) is 4.80. The lowest BCUT2D eigenvalue weighted by Crippen LogP contribution is -2.30. The van der Waals surface area contributed by atoms with E-state index in [0.29, 0.717) is 23.6 Å². The molecule has 1 aliphatic rings. The van der Waals surface area contributed by atoms with Gasteiger partial charge in [-0.15, -0.1) is 12.4 Å². The number of rotatable bonds is 3. The van der Waals surface area contributed by atoms with E-state index in [0.717, 1.165) is 25.9 Å². The van der Waals surface area contributed by atoms with Crippen molar-refractivity contribution in [3.05, 3.63) is 29.6 Å².